The second-order valence-electron chi connectivity index (χ2n) is 7.90. The predicted molar refractivity (Wildman–Crippen MR) is 106 cm³/mol. The van der Waals surface area contributed by atoms with Gasteiger partial charge < -0.3 is 10.2 Å². The molecule has 1 saturated heterocycles. The summed E-state index contributed by atoms with van der Waals surface area (Å²) in [5, 5.41) is 5.83. The molecule has 1 atom stereocenters. The first-order chi connectivity index (χ1) is 13.4. The van der Waals surface area contributed by atoms with Gasteiger partial charge in [0.25, 0.3) is 17.2 Å². The van der Waals surface area contributed by atoms with Crippen LogP contribution < -0.4 is 10.9 Å². The SMILES string of the molecule is CCN1CC(NC(=O)c2nc3nc(-c4ccccc4)cc(=O)n3[nH]2)C(C)(C)C1. The molecule has 1 amide bonds. The van der Waals surface area contributed by atoms with Crippen LogP contribution in [0.15, 0.2) is 41.2 Å². The van der Waals surface area contributed by atoms with Gasteiger partial charge in [-0.15, -0.1) is 0 Å². The van der Waals surface area contributed by atoms with Gasteiger partial charge in [0.15, 0.2) is 0 Å². The molecule has 4 rings (SSSR count). The van der Waals surface area contributed by atoms with Crippen LogP contribution in [0.1, 0.15) is 31.4 Å². The molecule has 28 heavy (non-hydrogen) atoms. The van der Waals surface area contributed by atoms with Gasteiger partial charge in [0.2, 0.25) is 5.82 Å². The molecule has 3 heterocycles. The molecular weight excluding hydrogens is 356 g/mol. The van der Waals surface area contributed by atoms with Crippen LogP contribution in [0.4, 0.5) is 0 Å². The number of likely N-dealkylation sites (tertiary alicyclic amines) is 1. The lowest BCUT2D eigenvalue weighted by atomic mass is 9.88. The van der Waals surface area contributed by atoms with Crippen LogP contribution in [-0.2, 0) is 0 Å². The fourth-order valence-corrected chi connectivity index (χ4v) is 3.70. The van der Waals surface area contributed by atoms with E-state index >= 15 is 0 Å². The first-order valence-electron chi connectivity index (χ1n) is 9.46. The highest BCUT2D eigenvalue weighted by atomic mass is 16.2. The number of nitrogens with zero attached hydrogens (tertiary/aromatic N) is 4. The van der Waals surface area contributed by atoms with Gasteiger partial charge in [-0.1, -0.05) is 51.1 Å². The zero-order chi connectivity index (χ0) is 19.9. The summed E-state index contributed by atoms with van der Waals surface area (Å²) in [6.45, 7) is 9.07. The number of benzene rings is 1. The van der Waals surface area contributed by atoms with E-state index in [-0.39, 0.29) is 34.5 Å². The molecule has 8 heteroatoms. The molecule has 0 saturated carbocycles. The summed E-state index contributed by atoms with van der Waals surface area (Å²) >= 11 is 0. The molecule has 0 aliphatic carbocycles. The van der Waals surface area contributed by atoms with Crippen molar-refractivity contribution in [2.45, 2.75) is 26.8 Å². The highest BCUT2D eigenvalue weighted by molar-refractivity contribution is 5.91. The third-order valence-corrected chi connectivity index (χ3v) is 5.38. The number of hydrogen-bond donors (Lipinski definition) is 2. The summed E-state index contributed by atoms with van der Waals surface area (Å²) in [6, 6.07) is 10.9. The monoisotopic (exact) mass is 380 g/mol. The molecule has 2 N–H and O–H groups in total. The van der Waals surface area contributed by atoms with Crippen LogP contribution in [-0.4, -0.2) is 56.1 Å². The van der Waals surface area contributed by atoms with Gasteiger partial charge in [-0.3, -0.25) is 14.7 Å². The van der Waals surface area contributed by atoms with E-state index in [1.807, 2.05) is 30.3 Å². The van der Waals surface area contributed by atoms with Gasteiger partial charge in [0.1, 0.15) is 0 Å². The second-order valence-corrected chi connectivity index (χ2v) is 7.90. The molecule has 0 bridgehead atoms. The van der Waals surface area contributed by atoms with Gasteiger partial charge in [-0.05, 0) is 12.0 Å². The lowest BCUT2D eigenvalue weighted by Gasteiger charge is -2.26. The molecule has 1 fully saturated rings. The molecule has 1 aliphatic rings. The number of hydrogen-bond acceptors (Lipinski definition) is 5. The summed E-state index contributed by atoms with van der Waals surface area (Å²) in [7, 11) is 0. The maximum atomic E-state index is 12.8. The Morgan fingerprint density at radius 2 is 2.04 bits per heavy atom. The van der Waals surface area contributed by atoms with E-state index in [1.165, 1.54) is 10.6 Å². The number of fused-ring (bicyclic) bond motifs is 1. The number of carbonyl (C=O) groups excluding carboxylic acids is 1. The number of aromatic amines is 1. The van der Waals surface area contributed by atoms with E-state index in [1.54, 1.807) is 0 Å². The van der Waals surface area contributed by atoms with Crippen molar-refractivity contribution in [2.24, 2.45) is 5.41 Å². The van der Waals surface area contributed by atoms with Crippen LogP contribution in [0.3, 0.4) is 0 Å². The molecule has 0 radical (unpaired) electrons. The summed E-state index contributed by atoms with van der Waals surface area (Å²) < 4.78 is 1.19. The van der Waals surface area contributed by atoms with Crippen LogP contribution in [0, 0.1) is 5.41 Å². The number of aromatic nitrogens is 4. The third kappa shape index (κ3) is 3.31. The van der Waals surface area contributed by atoms with Gasteiger partial charge >= 0.3 is 0 Å². The van der Waals surface area contributed by atoms with E-state index in [9.17, 15) is 9.59 Å². The first kappa shape index (κ1) is 18.4. The molecule has 2 aromatic heterocycles. The highest BCUT2D eigenvalue weighted by Gasteiger charge is 2.39. The normalized spacial score (nSPS) is 19.2. The van der Waals surface area contributed by atoms with Crippen molar-refractivity contribution in [3.05, 3.63) is 52.6 Å². The van der Waals surface area contributed by atoms with Crippen molar-refractivity contribution < 1.29 is 4.79 Å². The molecule has 1 unspecified atom stereocenters. The molecule has 1 aromatic carbocycles. The van der Waals surface area contributed by atoms with Crippen LogP contribution in [0.25, 0.3) is 17.0 Å². The minimum absolute atomic E-state index is 0.0118. The Labute approximate surface area is 162 Å². The van der Waals surface area contributed by atoms with E-state index in [2.05, 4.69) is 46.1 Å². The molecule has 3 aromatic rings. The Balaban J connectivity index is 1.62. The van der Waals surface area contributed by atoms with Crippen molar-refractivity contribution in [1.82, 2.24) is 29.8 Å². The zero-order valence-electron chi connectivity index (χ0n) is 16.3. The number of carbonyl (C=O) groups is 1. The minimum Gasteiger partial charge on any atom is -0.345 e. The van der Waals surface area contributed by atoms with E-state index in [4.69, 9.17) is 0 Å². The van der Waals surface area contributed by atoms with Crippen LogP contribution >= 0.6 is 0 Å². The van der Waals surface area contributed by atoms with E-state index < -0.39 is 0 Å². The fraction of sp³-hybridized carbons (Fsp3) is 0.400. The third-order valence-electron chi connectivity index (χ3n) is 5.38. The summed E-state index contributed by atoms with van der Waals surface area (Å²) in [5.41, 5.74) is 1.00. The van der Waals surface area contributed by atoms with Gasteiger partial charge in [0, 0.05) is 30.8 Å². The number of likely N-dealkylation sites (N-methyl/N-ethyl adjacent to an activating group) is 1. The molecule has 8 nitrogen and oxygen atoms in total. The van der Waals surface area contributed by atoms with Crippen molar-refractivity contribution in [2.75, 3.05) is 19.6 Å². The molecule has 1 aliphatic heterocycles. The Morgan fingerprint density at radius 1 is 1.29 bits per heavy atom. The number of amides is 1. The average molecular weight is 380 g/mol. The fourth-order valence-electron chi connectivity index (χ4n) is 3.70. The smallest absolute Gasteiger partial charge is 0.288 e. The maximum Gasteiger partial charge on any atom is 0.288 e. The Kier molecular flexibility index (Phi) is 4.50. The Hall–Kier alpha value is -3.00. The van der Waals surface area contributed by atoms with Crippen LogP contribution in [0.2, 0.25) is 0 Å². The van der Waals surface area contributed by atoms with Gasteiger partial charge in [0.05, 0.1) is 5.69 Å². The predicted octanol–water partition coefficient (Wildman–Crippen LogP) is 1.54. The summed E-state index contributed by atoms with van der Waals surface area (Å²) in [5.74, 6) is -0.0693. The van der Waals surface area contributed by atoms with E-state index in [0.29, 0.717) is 5.69 Å². The average Bonchev–Trinajstić information content (AvgIpc) is 3.23. The van der Waals surface area contributed by atoms with Crippen molar-refractivity contribution in [3.63, 3.8) is 0 Å². The standard InChI is InChI=1S/C20H24N6O2/c1-4-25-11-15(20(2,3)12-25)22-18(28)17-23-19-21-14(10-16(27)26(19)24-17)13-8-6-5-7-9-13/h5-10,15H,4,11-12H2,1-3H3,(H,22,28)(H,21,23,24). The number of H-pyrrole nitrogens is 1. The van der Waals surface area contributed by atoms with Crippen molar-refractivity contribution in [1.29, 1.82) is 0 Å². The maximum absolute atomic E-state index is 12.8. The summed E-state index contributed by atoms with van der Waals surface area (Å²) in [4.78, 5) is 36.2. The Morgan fingerprint density at radius 3 is 2.71 bits per heavy atom. The highest BCUT2D eigenvalue weighted by Crippen LogP contribution is 2.29. The number of rotatable bonds is 4. The zero-order valence-corrected chi connectivity index (χ0v) is 16.3. The van der Waals surface area contributed by atoms with E-state index in [0.717, 1.165) is 25.2 Å². The molecule has 0 spiro atoms. The van der Waals surface area contributed by atoms with Gasteiger partial charge in [-0.25, -0.2) is 4.98 Å². The topological polar surface area (TPSA) is 95.4 Å². The quantitative estimate of drug-likeness (QED) is 0.716. The van der Waals surface area contributed by atoms with Crippen molar-refractivity contribution in [3.8, 4) is 11.3 Å². The van der Waals surface area contributed by atoms with Crippen molar-refractivity contribution >= 4 is 11.7 Å². The second kappa shape index (κ2) is 6.87. The first-order valence-corrected chi connectivity index (χ1v) is 9.46. The van der Waals surface area contributed by atoms with Crippen LogP contribution in [0.5, 0.6) is 0 Å². The molecule has 146 valence electrons. The van der Waals surface area contributed by atoms with Gasteiger partial charge in [-0.2, -0.15) is 9.50 Å². The summed E-state index contributed by atoms with van der Waals surface area (Å²) in [6.07, 6.45) is 0. The Bertz CT molecular complexity index is 1070. The minimum atomic E-state index is -0.331. The molecular formula is C20H24N6O2. The number of nitrogens with one attached hydrogen (secondary N) is 2. The lowest BCUT2D eigenvalue weighted by Crippen LogP contribution is -2.44. The largest absolute Gasteiger partial charge is 0.345 e. The lowest BCUT2D eigenvalue weighted by molar-refractivity contribution is 0.0906.